The minimum Gasteiger partial charge on any atom is -0.173 e. The predicted octanol–water partition coefficient (Wildman–Crippen LogP) is 5.41. The summed E-state index contributed by atoms with van der Waals surface area (Å²) in [4.78, 5) is 0. The third kappa shape index (κ3) is 1.98. The molecule has 0 spiro atoms. The molecule has 0 N–H and O–H groups in total. The van der Waals surface area contributed by atoms with Crippen LogP contribution in [-0.4, -0.2) is 6.18 Å². The molecule has 0 amide bonds. The molecule has 4 saturated carbocycles. The molecule has 0 radical (unpaired) electrons. The van der Waals surface area contributed by atoms with Gasteiger partial charge in [-0.05, 0) is 80.0 Å². The lowest BCUT2D eigenvalue weighted by atomic mass is 9.66. The van der Waals surface area contributed by atoms with Gasteiger partial charge in [-0.15, -0.1) is 0 Å². The average Bonchev–Trinajstić information content (AvgIpc) is 3.11. The van der Waals surface area contributed by atoms with Crippen molar-refractivity contribution in [2.45, 2.75) is 44.7 Å². The van der Waals surface area contributed by atoms with Crippen LogP contribution in [0, 0.1) is 41.4 Å². The number of rotatable bonds is 2. The van der Waals surface area contributed by atoms with Gasteiger partial charge in [-0.3, -0.25) is 0 Å². The Bertz CT molecular complexity index is 476. The zero-order valence-corrected chi connectivity index (χ0v) is 11.7. The van der Waals surface area contributed by atoms with Crippen molar-refractivity contribution in [3.8, 4) is 0 Å². The van der Waals surface area contributed by atoms with Crippen molar-refractivity contribution >= 4 is 0 Å². The monoisotopic (exact) mass is 306 g/mol. The number of halogens is 5. The highest BCUT2D eigenvalue weighted by molar-refractivity contribution is 5.16. The Morgan fingerprint density at radius 3 is 2.14 bits per heavy atom. The summed E-state index contributed by atoms with van der Waals surface area (Å²) in [5.41, 5.74) is -1.57. The van der Waals surface area contributed by atoms with Crippen LogP contribution < -0.4 is 0 Å². The van der Waals surface area contributed by atoms with Gasteiger partial charge in [0.25, 0.3) is 6.08 Å². The number of fused-ring (bicyclic) bond motifs is 9. The molecule has 4 aliphatic carbocycles. The maximum Gasteiger partial charge on any atom is 0.417 e. The van der Waals surface area contributed by atoms with E-state index in [9.17, 15) is 22.0 Å². The topological polar surface area (TPSA) is 0 Å². The van der Waals surface area contributed by atoms with Crippen molar-refractivity contribution in [2.75, 3.05) is 0 Å². The van der Waals surface area contributed by atoms with E-state index < -0.39 is 24.3 Å². The Morgan fingerprint density at radius 1 is 0.857 bits per heavy atom. The average molecular weight is 306 g/mol. The number of alkyl halides is 3. The SMILES string of the molecule is FC(F)=C(CC1CC2CC1C1C3CCC(C3)C21)C(F)(F)F. The van der Waals surface area contributed by atoms with Crippen molar-refractivity contribution < 1.29 is 22.0 Å². The minimum absolute atomic E-state index is 0.172. The van der Waals surface area contributed by atoms with Gasteiger partial charge >= 0.3 is 6.18 Å². The number of hydrogen-bond donors (Lipinski definition) is 0. The third-order valence-electron chi connectivity index (χ3n) is 6.91. The molecule has 5 heteroatoms. The van der Waals surface area contributed by atoms with E-state index in [1.165, 1.54) is 19.3 Å². The Morgan fingerprint density at radius 2 is 1.52 bits per heavy atom. The van der Waals surface area contributed by atoms with Crippen molar-refractivity contribution in [3.63, 3.8) is 0 Å². The molecule has 4 rings (SSSR count). The predicted molar refractivity (Wildman–Crippen MR) is 67.4 cm³/mol. The molecule has 0 nitrogen and oxygen atoms in total. The van der Waals surface area contributed by atoms with Crippen LogP contribution >= 0.6 is 0 Å². The van der Waals surface area contributed by atoms with Crippen LogP contribution in [0.4, 0.5) is 22.0 Å². The molecule has 21 heavy (non-hydrogen) atoms. The van der Waals surface area contributed by atoms with Crippen molar-refractivity contribution in [3.05, 3.63) is 11.7 Å². The number of hydrogen-bond acceptors (Lipinski definition) is 0. The van der Waals surface area contributed by atoms with Gasteiger partial charge in [0.2, 0.25) is 0 Å². The van der Waals surface area contributed by atoms with Crippen LogP contribution in [0.3, 0.4) is 0 Å². The van der Waals surface area contributed by atoms with Crippen LogP contribution in [0.1, 0.15) is 38.5 Å². The molecule has 0 aromatic heterocycles. The summed E-state index contributed by atoms with van der Waals surface area (Å²) >= 11 is 0. The quantitative estimate of drug-likeness (QED) is 0.473. The van der Waals surface area contributed by atoms with E-state index in [2.05, 4.69) is 0 Å². The highest BCUT2D eigenvalue weighted by atomic mass is 19.4. The first-order valence-corrected chi connectivity index (χ1v) is 7.97. The largest absolute Gasteiger partial charge is 0.417 e. The zero-order valence-electron chi connectivity index (χ0n) is 11.7. The highest BCUT2D eigenvalue weighted by Gasteiger charge is 2.62. The molecule has 0 aromatic carbocycles. The van der Waals surface area contributed by atoms with Crippen LogP contribution in [0.5, 0.6) is 0 Å². The van der Waals surface area contributed by atoms with Crippen LogP contribution in [0.15, 0.2) is 11.7 Å². The summed E-state index contributed by atoms with van der Waals surface area (Å²) in [7, 11) is 0. The van der Waals surface area contributed by atoms with Gasteiger partial charge in [-0.1, -0.05) is 0 Å². The maximum atomic E-state index is 12.7. The molecule has 4 bridgehead atoms. The molecule has 0 aromatic rings. The Balaban J connectivity index is 1.53. The van der Waals surface area contributed by atoms with Gasteiger partial charge in [-0.2, -0.15) is 22.0 Å². The second-order valence-corrected chi connectivity index (χ2v) is 7.58. The van der Waals surface area contributed by atoms with Crippen molar-refractivity contribution in [1.82, 2.24) is 0 Å². The summed E-state index contributed by atoms with van der Waals surface area (Å²) in [6, 6.07) is 0. The standard InChI is InChI=1S/C16H19F5/c17-15(18)12(16(19,20)21)6-9-4-10-5-11(9)14-8-2-1-7(3-8)13(10)14/h7-11,13-14H,1-6H2. The maximum absolute atomic E-state index is 12.7. The molecule has 0 aliphatic heterocycles. The fourth-order valence-corrected chi connectivity index (χ4v) is 6.50. The first kappa shape index (κ1) is 14.0. The molecule has 0 saturated heterocycles. The van der Waals surface area contributed by atoms with Crippen LogP contribution in [-0.2, 0) is 0 Å². The molecule has 4 fully saturated rings. The van der Waals surface area contributed by atoms with Gasteiger partial charge in [-0.25, -0.2) is 0 Å². The summed E-state index contributed by atoms with van der Waals surface area (Å²) in [6.45, 7) is 0. The van der Waals surface area contributed by atoms with E-state index in [4.69, 9.17) is 0 Å². The summed E-state index contributed by atoms with van der Waals surface area (Å²) in [5.74, 6) is 3.32. The minimum atomic E-state index is -4.88. The van der Waals surface area contributed by atoms with E-state index in [0.717, 1.165) is 18.8 Å². The second-order valence-electron chi connectivity index (χ2n) is 7.58. The van der Waals surface area contributed by atoms with Gasteiger partial charge < -0.3 is 0 Å². The Hall–Kier alpha value is -0.610. The van der Waals surface area contributed by atoms with Crippen LogP contribution in [0.25, 0.3) is 0 Å². The van der Waals surface area contributed by atoms with Crippen molar-refractivity contribution in [1.29, 1.82) is 0 Å². The van der Waals surface area contributed by atoms with E-state index in [1.807, 2.05) is 0 Å². The molecular formula is C16H19F5. The summed E-state index contributed by atoms with van der Waals surface area (Å²) in [5, 5.41) is 0. The smallest absolute Gasteiger partial charge is 0.173 e. The summed E-state index contributed by atoms with van der Waals surface area (Å²) < 4.78 is 63.6. The van der Waals surface area contributed by atoms with E-state index in [-0.39, 0.29) is 11.8 Å². The Labute approximate surface area is 120 Å². The molecule has 4 aliphatic rings. The van der Waals surface area contributed by atoms with Crippen molar-refractivity contribution in [2.24, 2.45) is 41.4 Å². The fourth-order valence-electron chi connectivity index (χ4n) is 6.50. The molecule has 118 valence electrons. The van der Waals surface area contributed by atoms with Gasteiger partial charge in [0.05, 0.1) is 5.57 Å². The first-order chi connectivity index (χ1) is 9.86. The van der Waals surface area contributed by atoms with Gasteiger partial charge in [0, 0.05) is 0 Å². The second kappa shape index (κ2) is 4.45. The lowest BCUT2D eigenvalue weighted by molar-refractivity contribution is -0.100. The molecule has 7 unspecified atom stereocenters. The molecule has 7 atom stereocenters. The van der Waals surface area contributed by atoms with E-state index in [1.54, 1.807) is 0 Å². The van der Waals surface area contributed by atoms with Gasteiger partial charge in [0.1, 0.15) is 0 Å². The lowest BCUT2D eigenvalue weighted by Crippen LogP contribution is -2.33. The number of allylic oxidation sites excluding steroid dienone is 1. The lowest BCUT2D eigenvalue weighted by Gasteiger charge is -2.39. The summed E-state index contributed by atoms with van der Waals surface area (Å²) in [6.07, 6.45) is -2.41. The third-order valence-corrected chi connectivity index (χ3v) is 6.91. The Kier molecular flexibility index (Phi) is 2.97. The first-order valence-electron chi connectivity index (χ1n) is 7.97. The van der Waals surface area contributed by atoms with E-state index in [0.29, 0.717) is 23.7 Å². The zero-order chi connectivity index (χ0) is 14.9. The molecular weight excluding hydrogens is 287 g/mol. The van der Waals surface area contributed by atoms with Crippen LogP contribution in [0.2, 0.25) is 0 Å². The normalized spacial score (nSPS) is 47.0. The van der Waals surface area contributed by atoms with Gasteiger partial charge in [0.15, 0.2) is 0 Å². The highest BCUT2D eigenvalue weighted by Crippen LogP contribution is 2.69. The molecule has 0 heterocycles. The van der Waals surface area contributed by atoms with E-state index >= 15 is 0 Å². The fraction of sp³-hybridized carbons (Fsp3) is 0.875.